The second kappa shape index (κ2) is 7.14. The predicted octanol–water partition coefficient (Wildman–Crippen LogP) is 0.832. The lowest BCUT2D eigenvalue weighted by Crippen LogP contribution is -2.48. The van der Waals surface area contributed by atoms with E-state index in [9.17, 15) is 14.0 Å². The first-order chi connectivity index (χ1) is 11.5. The molecule has 3 N–H and O–H groups in total. The Kier molecular flexibility index (Phi) is 4.96. The molecule has 0 aromatic carbocycles. The Morgan fingerprint density at radius 3 is 2.75 bits per heavy atom. The number of halogens is 1. The van der Waals surface area contributed by atoms with Gasteiger partial charge >= 0.3 is 6.03 Å². The molecule has 1 aliphatic carbocycles. The molecule has 24 heavy (non-hydrogen) atoms. The van der Waals surface area contributed by atoms with E-state index in [0.717, 1.165) is 25.7 Å². The van der Waals surface area contributed by atoms with Crippen LogP contribution in [0.2, 0.25) is 0 Å². The van der Waals surface area contributed by atoms with Gasteiger partial charge in [0.2, 0.25) is 0 Å². The van der Waals surface area contributed by atoms with Crippen molar-refractivity contribution in [3.8, 4) is 0 Å². The third kappa shape index (κ3) is 3.82. The van der Waals surface area contributed by atoms with Crippen molar-refractivity contribution in [2.75, 3.05) is 6.54 Å². The first kappa shape index (κ1) is 16.7. The van der Waals surface area contributed by atoms with Crippen LogP contribution in [0.4, 0.5) is 9.18 Å². The van der Waals surface area contributed by atoms with Crippen LogP contribution in [-0.4, -0.2) is 56.6 Å². The predicted molar refractivity (Wildman–Crippen MR) is 84.0 cm³/mol. The van der Waals surface area contributed by atoms with Crippen molar-refractivity contribution in [2.45, 2.75) is 63.3 Å². The Balaban J connectivity index is 1.62. The number of nitrogens with zero attached hydrogens (tertiary/aromatic N) is 4. The Labute approximate surface area is 139 Å². The van der Waals surface area contributed by atoms with Crippen LogP contribution < -0.4 is 11.1 Å². The van der Waals surface area contributed by atoms with Gasteiger partial charge < -0.3 is 16.0 Å². The molecule has 1 aromatic rings. The zero-order valence-electron chi connectivity index (χ0n) is 13.5. The fourth-order valence-electron chi connectivity index (χ4n) is 3.50. The second-order valence-electron chi connectivity index (χ2n) is 6.61. The van der Waals surface area contributed by atoms with E-state index in [4.69, 9.17) is 5.73 Å². The molecular weight excluding hydrogens is 315 g/mol. The number of nitrogens with one attached hydrogen (secondary N) is 1. The summed E-state index contributed by atoms with van der Waals surface area (Å²) in [7, 11) is 0. The maximum absolute atomic E-state index is 13.9. The van der Waals surface area contributed by atoms with Gasteiger partial charge in [0.05, 0.1) is 25.3 Å². The van der Waals surface area contributed by atoms with Crippen molar-refractivity contribution in [2.24, 2.45) is 5.73 Å². The van der Waals surface area contributed by atoms with Gasteiger partial charge in [-0.15, -0.1) is 5.10 Å². The molecule has 3 amide bonds. The minimum absolute atomic E-state index is 0.0583. The van der Waals surface area contributed by atoms with Crippen LogP contribution in [0.15, 0.2) is 6.20 Å². The molecule has 2 heterocycles. The zero-order chi connectivity index (χ0) is 17.1. The summed E-state index contributed by atoms with van der Waals surface area (Å²) in [6, 6.07) is -0.355. The molecule has 2 fully saturated rings. The summed E-state index contributed by atoms with van der Waals surface area (Å²) in [5.41, 5.74) is 5.21. The van der Waals surface area contributed by atoms with Crippen LogP contribution >= 0.6 is 0 Å². The Bertz CT molecular complexity index is 601. The number of primary amides is 1. The van der Waals surface area contributed by atoms with Gasteiger partial charge in [-0.3, -0.25) is 4.79 Å². The summed E-state index contributed by atoms with van der Waals surface area (Å²) < 4.78 is 15.3. The molecule has 2 atom stereocenters. The van der Waals surface area contributed by atoms with E-state index in [1.54, 1.807) is 0 Å². The van der Waals surface area contributed by atoms with Crippen molar-refractivity contribution in [3.63, 3.8) is 0 Å². The van der Waals surface area contributed by atoms with Crippen molar-refractivity contribution in [3.05, 3.63) is 11.9 Å². The zero-order valence-corrected chi connectivity index (χ0v) is 13.5. The number of nitrogens with two attached hydrogens (primary N) is 1. The van der Waals surface area contributed by atoms with Crippen LogP contribution in [0.1, 0.15) is 49.0 Å². The number of urea groups is 1. The van der Waals surface area contributed by atoms with E-state index in [0.29, 0.717) is 6.54 Å². The molecule has 3 rings (SSSR count). The standard InChI is InChI=1S/C15H23FN6O2/c16-10-6-12(8-21-9-13(14(17)23)19-20-21)22(7-10)15(24)18-11-4-2-1-3-5-11/h9-12H,1-8H2,(H2,17,23)(H,18,24)/t10-,12-/m0/s1. The third-order valence-electron chi connectivity index (χ3n) is 4.75. The van der Waals surface area contributed by atoms with Gasteiger partial charge in [0.1, 0.15) is 6.17 Å². The van der Waals surface area contributed by atoms with Gasteiger partial charge in [0.15, 0.2) is 5.69 Å². The number of carbonyl (C=O) groups excluding carboxylic acids is 2. The summed E-state index contributed by atoms with van der Waals surface area (Å²) >= 11 is 0. The Hall–Kier alpha value is -2.19. The molecule has 1 saturated heterocycles. The van der Waals surface area contributed by atoms with E-state index in [1.807, 2.05) is 0 Å². The molecule has 0 unspecified atom stereocenters. The topological polar surface area (TPSA) is 106 Å². The molecule has 1 aliphatic heterocycles. The molecular formula is C15H23FN6O2. The van der Waals surface area contributed by atoms with E-state index < -0.39 is 12.1 Å². The van der Waals surface area contributed by atoms with Crippen molar-refractivity contribution in [1.29, 1.82) is 0 Å². The normalized spacial score (nSPS) is 25.0. The molecule has 2 aliphatic rings. The highest BCUT2D eigenvalue weighted by Gasteiger charge is 2.36. The van der Waals surface area contributed by atoms with Crippen molar-refractivity contribution in [1.82, 2.24) is 25.2 Å². The highest BCUT2D eigenvalue weighted by Crippen LogP contribution is 2.23. The molecule has 0 spiro atoms. The lowest BCUT2D eigenvalue weighted by Gasteiger charge is -2.29. The number of amides is 3. The largest absolute Gasteiger partial charge is 0.364 e. The summed E-state index contributed by atoms with van der Waals surface area (Å²) in [6.07, 6.45) is 6.03. The number of carbonyl (C=O) groups is 2. The first-order valence-corrected chi connectivity index (χ1v) is 8.44. The lowest BCUT2D eigenvalue weighted by atomic mass is 9.96. The van der Waals surface area contributed by atoms with E-state index in [-0.39, 0.29) is 36.8 Å². The fraction of sp³-hybridized carbons (Fsp3) is 0.733. The molecule has 9 heteroatoms. The average molecular weight is 338 g/mol. The minimum atomic E-state index is -1.05. The quantitative estimate of drug-likeness (QED) is 0.848. The van der Waals surface area contributed by atoms with Gasteiger partial charge in [-0.1, -0.05) is 24.5 Å². The molecule has 1 aromatic heterocycles. The Morgan fingerprint density at radius 1 is 1.33 bits per heavy atom. The first-order valence-electron chi connectivity index (χ1n) is 8.44. The molecule has 0 radical (unpaired) electrons. The minimum Gasteiger partial charge on any atom is -0.364 e. The Morgan fingerprint density at radius 2 is 2.08 bits per heavy atom. The summed E-state index contributed by atoms with van der Waals surface area (Å²) in [5, 5.41) is 10.5. The van der Waals surface area contributed by atoms with Crippen molar-refractivity contribution >= 4 is 11.9 Å². The monoisotopic (exact) mass is 338 g/mol. The van der Waals surface area contributed by atoms with Gasteiger partial charge in [0, 0.05) is 12.5 Å². The number of hydrogen-bond donors (Lipinski definition) is 2. The van der Waals surface area contributed by atoms with Gasteiger partial charge in [-0.2, -0.15) is 0 Å². The molecule has 8 nitrogen and oxygen atoms in total. The SMILES string of the molecule is NC(=O)c1cn(C[C@@H]2C[C@H](F)CN2C(=O)NC2CCCCC2)nn1. The van der Waals surface area contributed by atoms with Crippen molar-refractivity contribution < 1.29 is 14.0 Å². The van der Waals surface area contributed by atoms with Crippen LogP contribution in [0.3, 0.4) is 0 Å². The van der Waals surface area contributed by atoms with Crippen LogP contribution in [0, 0.1) is 0 Å². The van der Waals surface area contributed by atoms with Crippen LogP contribution in [0.5, 0.6) is 0 Å². The highest BCUT2D eigenvalue weighted by atomic mass is 19.1. The third-order valence-corrected chi connectivity index (χ3v) is 4.75. The van der Waals surface area contributed by atoms with Gasteiger partial charge in [0.25, 0.3) is 5.91 Å². The van der Waals surface area contributed by atoms with Gasteiger partial charge in [-0.25, -0.2) is 13.9 Å². The number of hydrogen-bond acceptors (Lipinski definition) is 4. The van der Waals surface area contributed by atoms with E-state index >= 15 is 0 Å². The van der Waals surface area contributed by atoms with Crippen LogP contribution in [0.25, 0.3) is 0 Å². The summed E-state index contributed by atoms with van der Waals surface area (Å²) in [5.74, 6) is -0.664. The highest BCUT2D eigenvalue weighted by molar-refractivity contribution is 5.90. The van der Waals surface area contributed by atoms with E-state index in [2.05, 4.69) is 15.6 Å². The molecule has 132 valence electrons. The molecule has 0 bridgehead atoms. The molecule has 1 saturated carbocycles. The second-order valence-corrected chi connectivity index (χ2v) is 6.61. The van der Waals surface area contributed by atoms with Gasteiger partial charge in [-0.05, 0) is 12.8 Å². The summed E-state index contributed by atoms with van der Waals surface area (Å²) in [4.78, 5) is 25.1. The lowest BCUT2D eigenvalue weighted by molar-refractivity contribution is 0.0995. The van der Waals surface area contributed by atoms with Crippen LogP contribution in [-0.2, 0) is 6.54 Å². The number of rotatable bonds is 4. The number of aromatic nitrogens is 3. The maximum atomic E-state index is 13.9. The maximum Gasteiger partial charge on any atom is 0.318 e. The number of likely N-dealkylation sites (tertiary alicyclic amines) is 1. The average Bonchev–Trinajstić information content (AvgIpc) is 3.15. The number of alkyl halides is 1. The van der Waals surface area contributed by atoms with E-state index in [1.165, 1.54) is 22.2 Å². The smallest absolute Gasteiger partial charge is 0.318 e. The fourth-order valence-corrected chi connectivity index (χ4v) is 3.50. The summed E-state index contributed by atoms with van der Waals surface area (Å²) in [6.45, 7) is 0.374.